The molecule has 0 unspecified atom stereocenters. The van der Waals surface area contributed by atoms with Gasteiger partial charge in [0, 0.05) is 17.3 Å². The van der Waals surface area contributed by atoms with E-state index in [1.807, 2.05) is 0 Å². The highest BCUT2D eigenvalue weighted by Gasteiger charge is 2.44. The van der Waals surface area contributed by atoms with E-state index in [2.05, 4.69) is 15.5 Å². The van der Waals surface area contributed by atoms with Crippen LogP contribution in [0.2, 0.25) is 5.02 Å². The Kier molecular flexibility index (Phi) is 5.97. The van der Waals surface area contributed by atoms with Crippen molar-refractivity contribution in [3.05, 3.63) is 68.4 Å². The van der Waals surface area contributed by atoms with E-state index < -0.39 is 46.4 Å². The van der Waals surface area contributed by atoms with Gasteiger partial charge >= 0.3 is 11.9 Å². The Morgan fingerprint density at radius 1 is 1.29 bits per heavy atom. The molecule has 0 fully saturated rings. The van der Waals surface area contributed by atoms with Crippen LogP contribution in [0.1, 0.15) is 17.0 Å². The number of halogens is 5. The van der Waals surface area contributed by atoms with E-state index >= 15 is 0 Å². The van der Waals surface area contributed by atoms with E-state index in [9.17, 15) is 32.5 Å². The van der Waals surface area contributed by atoms with Crippen molar-refractivity contribution < 1.29 is 27.3 Å². The van der Waals surface area contributed by atoms with Gasteiger partial charge in [0.2, 0.25) is 11.6 Å². The molecule has 31 heavy (non-hydrogen) atoms. The van der Waals surface area contributed by atoms with Crippen molar-refractivity contribution in [2.75, 3.05) is 5.32 Å². The van der Waals surface area contributed by atoms with Crippen LogP contribution in [0, 0.1) is 22.9 Å². The maximum atomic E-state index is 13.1. The maximum Gasteiger partial charge on any atom is 0.442 e. The molecule has 14 heteroatoms. The summed E-state index contributed by atoms with van der Waals surface area (Å²) in [5.41, 5.74) is -2.73. The van der Waals surface area contributed by atoms with Crippen molar-refractivity contribution in [3.8, 4) is 0 Å². The molecule has 0 aliphatic heterocycles. The number of rotatable bonds is 6. The van der Waals surface area contributed by atoms with E-state index in [4.69, 9.17) is 11.6 Å². The predicted molar refractivity (Wildman–Crippen MR) is 100.0 cm³/mol. The summed E-state index contributed by atoms with van der Waals surface area (Å²) >= 11 is 5.96. The molecule has 1 N–H and O–H groups in total. The first-order chi connectivity index (χ1) is 14.5. The second-order valence-corrected chi connectivity index (χ2v) is 6.78. The van der Waals surface area contributed by atoms with Crippen LogP contribution in [-0.2, 0) is 24.1 Å². The van der Waals surface area contributed by atoms with Crippen LogP contribution < -0.4 is 5.32 Å². The van der Waals surface area contributed by atoms with Gasteiger partial charge in [0.1, 0.15) is 18.1 Å². The molecule has 0 aliphatic rings. The second kappa shape index (κ2) is 8.34. The number of hydrogen-bond donors (Lipinski definition) is 1. The van der Waals surface area contributed by atoms with Crippen molar-refractivity contribution in [2.45, 2.75) is 26.2 Å². The van der Waals surface area contributed by atoms with Gasteiger partial charge in [-0.05, 0) is 24.6 Å². The summed E-state index contributed by atoms with van der Waals surface area (Å²) in [5, 5.41) is 20.8. The molecule has 2 heterocycles. The first-order valence-electron chi connectivity index (χ1n) is 8.52. The first-order valence-corrected chi connectivity index (χ1v) is 8.89. The Morgan fingerprint density at radius 3 is 2.58 bits per heavy atom. The monoisotopic (exact) mass is 460 g/mol. The number of amides is 1. The number of hydrogen-bond acceptors (Lipinski definition) is 5. The Morgan fingerprint density at radius 2 is 2.00 bits per heavy atom. The summed E-state index contributed by atoms with van der Waals surface area (Å²) in [4.78, 5) is 22.0. The maximum absolute atomic E-state index is 13.1. The smallest absolute Gasteiger partial charge is 0.308 e. The fourth-order valence-electron chi connectivity index (χ4n) is 2.76. The Balaban J connectivity index is 1.71. The number of anilines is 1. The minimum Gasteiger partial charge on any atom is -0.308 e. The summed E-state index contributed by atoms with van der Waals surface area (Å²) in [6, 6.07) is 5.27. The molecule has 0 saturated heterocycles. The molecule has 0 saturated carbocycles. The Labute approximate surface area is 176 Å². The zero-order valence-corrected chi connectivity index (χ0v) is 16.4. The molecular weight excluding hydrogens is 448 g/mol. The van der Waals surface area contributed by atoms with E-state index in [0.29, 0.717) is 10.2 Å². The fourth-order valence-corrected chi connectivity index (χ4v) is 2.99. The molecular formula is C17H13ClF4N6O3. The largest absolute Gasteiger partial charge is 0.442 e. The van der Waals surface area contributed by atoms with Gasteiger partial charge in [0.15, 0.2) is 5.82 Å². The summed E-state index contributed by atoms with van der Waals surface area (Å²) < 4.78 is 54.1. The van der Waals surface area contributed by atoms with Crippen LogP contribution in [0.3, 0.4) is 0 Å². The van der Waals surface area contributed by atoms with Crippen LogP contribution in [0.5, 0.6) is 0 Å². The first kappa shape index (κ1) is 22.2. The van der Waals surface area contributed by atoms with Crippen molar-refractivity contribution in [1.82, 2.24) is 19.6 Å². The molecule has 0 aliphatic carbocycles. The third-order valence-electron chi connectivity index (χ3n) is 4.17. The molecule has 3 rings (SSSR count). The van der Waals surface area contributed by atoms with Gasteiger partial charge in [-0.3, -0.25) is 24.3 Å². The van der Waals surface area contributed by atoms with E-state index in [-0.39, 0.29) is 17.4 Å². The minimum atomic E-state index is -5.05. The lowest BCUT2D eigenvalue weighted by atomic mass is 10.2. The SMILES string of the molecule is Cc1c([N+](=O)[O-])c(C(F)(F)F)nn1CC(=O)Nc1ccn(Cc2ccc(F)cc2Cl)n1. The van der Waals surface area contributed by atoms with E-state index in [0.717, 1.165) is 13.0 Å². The number of nitrogens with one attached hydrogen (secondary N) is 1. The molecule has 1 amide bonds. The van der Waals surface area contributed by atoms with Gasteiger partial charge < -0.3 is 5.32 Å². The van der Waals surface area contributed by atoms with Gasteiger partial charge in [0.05, 0.1) is 11.5 Å². The van der Waals surface area contributed by atoms with Crippen LogP contribution in [0.4, 0.5) is 29.1 Å². The number of carbonyl (C=O) groups excluding carboxylic acids is 1. The van der Waals surface area contributed by atoms with Crippen molar-refractivity contribution in [3.63, 3.8) is 0 Å². The van der Waals surface area contributed by atoms with Gasteiger partial charge in [-0.25, -0.2) is 4.39 Å². The van der Waals surface area contributed by atoms with Crippen LogP contribution >= 0.6 is 11.6 Å². The third-order valence-corrected chi connectivity index (χ3v) is 4.53. The summed E-state index contributed by atoms with van der Waals surface area (Å²) in [6.45, 7) is 0.544. The molecule has 3 aromatic rings. The number of benzene rings is 1. The second-order valence-electron chi connectivity index (χ2n) is 6.38. The summed E-state index contributed by atoms with van der Waals surface area (Å²) in [7, 11) is 0. The van der Waals surface area contributed by atoms with Gasteiger partial charge in [0.25, 0.3) is 0 Å². The van der Waals surface area contributed by atoms with Crippen molar-refractivity contribution in [1.29, 1.82) is 0 Å². The standard InChI is InChI=1S/C17H13ClF4N6O3/c1-9-15(28(30)31)16(17(20,21)22)25-27(9)8-14(29)23-13-4-5-26(24-13)7-10-2-3-11(19)6-12(10)18/h2-6H,7-8H2,1H3,(H,23,24,29). The molecule has 0 bridgehead atoms. The minimum absolute atomic E-state index is 0.0820. The highest BCUT2D eigenvalue weighted by molar-refractivity contribution is 6.31. The van der Waals surface area contributed by atoms with Crippen LogP contribution in [0.25, 0.3) is 0 Å². The van der Waals surface area contributed by atoms with Gasteiger partial charge in [-0.15, -0.1) is 0 Å². The molecule has 0 atom stereocenters. The average Bonchev–Trinajstić information content (AvgIpc) is 3.21. The predicted octanol–water partition coefficient (Wildman–Crippen LogP) is 3.79. The number of alkyl halides is 3. The number of aromatic nitrogens is 4. The van der Waals surface area contributed by atoms with Gasteiger partial charge in [-0.1, -0.05) is 17.7 Å². The summed E-state index contributed by atoms with van der Waals surface area (Å²) in [5.74, 6) is -1.21. The lowest BCUT2D eigenvalue weighted by Crippen LogP contribution is -2.21. The Bertz CT molecular complexity index is 1160. The highest BCUT2D eigenvalue weighted by atomic mass is 35.5. The fraction of sp³-hybridized carbons (Fsp3) is 0.235. The van der Waals surface area contributed by atoms with E-state index in [1.165, 1.54) is 29.1 Å². The van der Waals surface area contributed by atoms with Crippen LogP contribution in [-0.4, -0.2) is 30.4 Å². The number of nitrogens with zero attached hydrogens (tertiary/aromatic N) is 5. The number of carbonyl (C=O) groups is 1. The Hall–Kier alpha value is -3.48. The molecule has 164 valence electrons. The van der Waals surface area contributed by atoms with Gasteiger partial charge in [-0.2, -0.15) is 23.4 Å². The lowest BCUT2D eigenvalue weighted by molar-refractivity contribution is -0.388. The molecule has 0 radical (unpaired) electrons. The average molecular weight is 461 g/mol. The zero-order valence-electron chi connectivity index (χ0n) is 15.7. The third kappa shape index (κ3) is 4.99. The van der Waals surface area contributed by atoms with Crippen molar-refractivity contribution >= 4 is 29.0 Å². The quantitative estimate of drug-likeness (QED) is 0.342. The molecule has 2 aromatic heterocycles. The molecule has 9 nitrogen and oxygen atoms in total. The molecule has 1 aromatic carbocycles. The molecule has 0 spiro atoms. The lowest BCUT2D eigenvalue weighted by Gasteiger charge is -2.06. The topological polar surface area (TPSA) is 108 Å². The van der Waals surface area contributed by atoms with Crippen molar-refractivity contribution in [2.24, 2.45) is 0 Å². The van der Waals surface area contributed by atoms with Crippen LogP contribution in [0.15, 0.2) is 30.5 Å². The van der Waals surface area contributed by atoms with E-state index in [1.54, 1.807) is 0 Å². The normalized spacial score (nSPS) is 11.5. The zero-order chi connectivity index (χ0) is 22.9. The highest BCUT2D eigenvalue weighted by Crippen LogP contribution is 2.36. The number of nitro groups is 1. The summed E-state index contributed by atoms with van der Waals surface area (Å²) in [6.07, 6.45) is -3.55.